The summed E-state index contributed by atoms with van der Waals surface area (Å²) in [6.45, 7) is 3.99. The van der Waals surface area contributed by atoms with E-state index in [-0.39, 0.29) is 6.04 Å². The van der Waals surface area contributed by atoms with E-state index in [1.165, 1.54) is 0 Å². The fraction of sp³-hybridized carbons (Fsp3) is 0.286. The van der Waals surface area contributed by atoms with Gasteiger partial charge in [0.2, 0.25) is 0 Å². The third-order valence-corrected chi connectivity index (χ3v) is 3.16. The van der Waals surface area contributed by atoms with Gasteiger partial charge in [-0.05, 0) is 25.5 Å². The Morgan fingerprint density at radius 1 is 1.33 bits per heavy atom. The smallest absolute Gasteiger partial charge is 0.143 e. The molecule has 0 spiro atoms. The molecule has 1 unspecified atom stereocenters. The summed E-state index contributed by atoms with van der Waals surface area (Å²) in [5.41, 5.74) is 4.03. The summed E-state index contributed by atoms with van der Waals surface area (Å²) in [7, 11) is 1.88. The van der Waals surface area contributed by atoms with Crippen LogP contribution in [0.4, 0.5) is 5.69 Å². The summed E-state index contributed by atoms with van der Waals surface area (Å²) in [5, 5.41) is 16.7. The van der Waals surface area contributed by atoms with Crippen molar-refractivity contribution < 1.29 is 0 Å². The molecule has 1 aromatic carbocycles. The number of benzene rings is 1. The molecule has 0 fully saturated rings. The van der Waals surface area contributed by atoms with Gasteiger partial charge in [-0.1, -0.05) is 18.2 Å². The Hall–Kier alpha value is -2.28. The van der Waals surface area contributed by atoms with Gasteiger partial charge in [-0.25, -0.2) is 0 Å². The molecular weight excluding hydrogens is 224 g/mol. The van der Waals surface area contributed by atoms with E-state index in [2.05, 4.69) is 16.5 Å². The molecule has 4 nitrogen and oxygen atoms in total. The van der Waals surface area contributed by atoms with Crippen LogP contribution < -0.4 is 5.32 Å². The summed E-state index contributed by atoms with van der Waals surface area (Å²) < 4.78 is 1.78. The highest BCUT2D eigenvalue weighted by Gasteiger charge is 2.16. The van der Waals surface area contributed by atoms with Crippen molar-refractivity contribution in [2.75, 3.05) is 5.32 Å². The zero-order valence-electron chi connectivity index (χ0n) is 10.8. The number of anilines is 1. The topological polar surface area (TPSA) is 53.6 Å². The maximum absolute atomic E-state index is 9.32. The van der Waals surface area contributed by atoms with Crippen molar-refractivity contribution in [2.24, 2.45) is 7.05 Å². The number of nitrogens with one attached hydrogen (secondary N) is 1. The number of nitriles is 1. The molecule has 92 valence electrons. The number of para-hydroxylation sites is 1. The molecule has 0 bridgehead atoms. The molecule has 0 amide bonds. The van der Waals surface area contributed by atoms with Crippen LogP contribution in [0.15, 0.2) is 30.5 Å². The highest BCUT2D eigenvalue weighted by atomic mass is 15.3. The number of aryl methyl sites for hydroxylation is 2. The first kappa shape index (κ1) is 12.2. The van der Waals surface area contributed by atoms with Gasteiger partial charge in [0.05, 0.1) is 12.3 Å². The minimum atomic E-state index is -0.375. The average molecular weight is 240 g/mol. The monoisotopic (exact) mass is 240 g/mol. The fourth-order valence-corrected chi connectivity index (χ4v) is 1.87. The van der Waals surface area contributed by atoms with Gasteiger partial charge < -0.3 is 5.32 Å². The minimum absolute atomic E-state index is 0.375. The van der Waals surface area contributed by atoms with Gasteiger partial charge in [-0.2, -0.15) is 10.4 Å². The van der Waals surface area contributed by atoms with E-state index in [9.17, 15) is 5.26 Å². The lowest BCUT2D eigenvalue weighted by atomic mass is 10.1. The maximum Gasteiger partial charge on any atom is 0.143 e. The largest absolute Gasteiger partial charge is 0.366 e. The molecule has 0 saturated heterocycles. The molecule has 0 saturated carbocycles. The van der Waals surface area contributed by atoms with E-state index >= 15 is 0 Å². The minimum Gasteiger partial charge on any atom is -0.366 e. The summed E-state index contributed by atoms with van der Waals surface area (Å²) in [4.78, 5) is 0. The Kier molecular flexibility index (Phi) is 3.33. The number of hydrogen-bond donors (Lipinski definition) is 1. The lowest BCUT2D eigenvalue weighted by Gasteiger charge is -2.14. The summed E-state index contributed by atoms with van der Waals surface area (Å²) >= 11 is 0. The van der Waals surface area contributed by atoms with Crippen LogP contribution >= 0.6 is 0 Å². The van der Waals surface area contributed by atoms with E-state index in [1.54, 1.807) is 10.9 Å². The van der Waals surface area contributed by atoms with Crippen molar-refractivity contribution in [1.82, 2.24) is 9.78 Å². The first-order valence-electron chi connectivity index (χ1n) is 5.83. The highest BCUT2D eigenvalue weighted by Crippen LogP contribution is 2.23. The highest BCUT2D eigenvalue weighted by molar-refractivity contribution is 5.53. The molecule has 0 aliphatic heterocycles. The molecule has 4 heteroatoms. The van der Waals surface area contributed by atoms with Crippen molar-refractivity contribution in [1.29, 1.82) is 5.26 Å². The molecule has 0 aliphatic carbocycles. The third kappa shape index (κ3) is 2.21. The Morgan fingerprint density at radius 2 is 2.06 bits per heavy atom. The van der Waals surface area contributed by atoms with Gasteiger partial charge in [0.1, 0.15) is 6.04 Å². The van der Waals surface area contributed by atoms with Crippen LogP contribution in [0.25, 0.3) is 0 Å². The van der Waals surface area contributed by atoms with Gasteiger partial charge in [0.15, 0.2) is 0 Å². The van der Waals surface area contributed by atoms with Crippen LogP contribution in [0.3, 0.4) is 0 Å². The summed E-state index contributed by atoms with van der Waals surface area (Å²) in [6, 6.07) is 9.85. The Morgan fingerprint density at radius 3 is 2.61 bits per heavy atom. The van der Waals surface area contributed by atoms with Crippen molar-refractivity contribution in [2.45, 2.75) is 19.9 Å². The normalized spacial score (nSPS) is 11.9. The molecule has 0 radical (unpaired) electrons. The van der Waals surface area contributed by atoms with E-state index in [0.29, 0.717) is 0 Å². The molecule has 1 aromatic heterocycles. The quantitative estimate of drug-likeness (QED) is 0.897. The van der Waals surface area contributed by atoms with E-state index in [1.807, 2.05) is 45.2 Å². The fourth-order valence-electron chi connectivity index (χ4n) is 1.87. The first-order chi connectivity index (χ1) is 8.63. The Labute approximate surface area is 107 Å². The third-order valence-electron chi connectivity index (χ3n) is 3.16. The van der Waals surface area contributed by atoms with Crippen LogP contribution in [0.5, 0.6) is 0 Å². The molecule has 0 aliphatic rings. The summed E-state index contributed by atoms with van der Waals surface area (Å²) in [6.07, 6.45) is 1.74. The molecular formula is C14H16N4. The van der Waals surface area contributed by atoms with Crippen LogP contribution in [-0.2, 0) is 7.05 Å². The van der Waals surface area contributed by atoms with Crippen molar-refractivity contribution in [3.63, 3.8) is 0 Å². The second-order valence-electron chi connectivity index (χ2n) is 4.33. The SMILES string of the molecule is Cc1ccccc1NC(C#N)c1cnn(C)c1C. The number of rotatable bonds is 3. The van der Waals surface area contributed by atoms with Crippen LogP contribution in [0.2, 0.25) is 0 Å². The van der Waals surface area contributed by atoms with Gasteiger partial charge in [0.25, 0.3) is 0 Å². The zero-order valence-corrected chi connectivity index (χ0v) is 10.8. The zero-order chi connectivity index (χ0) is 13.1. The molecule has 2 aromatic rings. The standard InChI is InChI=1S/C14H16N4/c1-10-6-4-5-7-13(10)17-14(8-15)12-9-16-18(3)11(12)2/h4-7,9,14,17H,1-3H3. The van der Waals surface area contributed by atoms with E-state index < -0.39 is 0 Å². The second kappa shape index (κ2) is 4.92. The van der Waals surface area contributed by atoms with Crippen LogP contribution in [0, 0.1) is 25.2 Å². The number of aromatic nitrogens is 2. The van der Waals surface area contributed by atoms with Crippen molar-refractivity contribution in [3.8, 4) is 6.07 Å². The molecule has 18 heavy (non-hydrogen) atoms. The molecule has 1 N–H and O–H groups in total. The first-order valence-corrected chi connectivity index (χ1v) is 5.83. The predicted octanol–water partition coefficient (Wildman–Crippen LogP) is 2.71. The predicted molar refractivity (Wildman–Crippen MR) is 71.1 cm³/mol. The molecule has 2 rings (SSSR count). The second-order valence-corrected chi connectivity index (χ2v) is 4.33. The van der Waals surface area contributed by atoms with Crippen molar-refractivity contribution >= 4 is 5.69 Å². The van der Waals surface area contributed by atoms with Gasteiger partial charge in [-0.15, -0.1) is 0 Å². The Balaban J connectivity index is 2.29. The van der Waals surface area contributed by atoms with E-state index in [0.717, 1.165) is 22.5 Å². The van der Waals surface area contributed by atoms with Gasteiger partial charge in [-0.3, -0.25) is 4.68 Å². The lowest BCUT2D eigenvalue weighted by Crippen LogP contribution is -2.10. The molecule has 1 atom stereocenters. The van der Waals surface area contributed by atoms with Crippen LogP contribution in [-0.4, -0.2) is 9.78 Å². The molecule has 1 heterocycles. The summed E-state index contributed by atoms with van der Waals surface area (Å²) in [5.74, 6) is 0. The van der Waals surface area contributed by atoms with E-state index in [4.69, 9.17) is 0 Å². The Bertz CT molecular complexity index is 592. The number of hydrogen-bond acceptors (Lipinski definition) is 3. The maximum atomic E-state index is 9.32. The van der Waals surface area contributed by atoms with Crippen molar-refractivity contribution in [3.05, 3.63) is 47.3 Å². The van der Waals surface area contributed by atoms with Gasteiger partial charge in [0, 0.05) is 24.0 Å². The van der Waals surface area contributed by atoms with Crippen LogP contribution in [0.1, 0.15) is 22.9 Å². The van der Waals surface area contributed by atoms with Gasteiger partial charge >= 0.3 is 0 Å². The average Bonchev–Trinajstić information content (AvgIpc) is 2.70. The number of nitrogens with zero attached hydrogens (tertiary/aromatic N) is 3. The lowest BCUT2D eigenvalue weighted by molar-refractivity contribution is 0.737.